The van der Waals surface area contributed by atoms with E-state index in [1.807, 2.05) is 0 Å². The average Bonchev–Trinajstić information content (AvgIpc) is 2.32. The molecule has 0 aliphatic carbocycles. The van der Waals surface area contributed by atoms with E-state index < -0.39 is 35.0 Å². The smallest absolute Gasteiger partial charge is 0.308 e. The van der Waals surface area contributed by atoms with E-state index in [2.05, 4.69) is 5.32 Å². The molecule has 18 heavy (non-hydrogen) atoms. The molecule has 98 valence electrons. The first-order chi connectivity index (χ1) is 8.45. The minimum atomic E-state index is -1.04. The predicted octanol–water partition coefficient (Wildman–Crippen LogP) is 1.81. The van der Waals surface area contributed by atoms with E-state index in [0.29, 0.717) is 6.42 Å². The summed E-state index contributed by atoms with van der Waals surface area (Å²) in [6.07, 6.45) is 0.335. The van der Waals surface area contributed by atoms with Crippen LogP contribution in [0.1, 0.15) is 23.7 Å². The van der Waals surface area contributed by atoms with E-state index in [-0.39, 0.29) is 6.54 Å². The van der Waals surface area contributed by atoms with Gasteiger partial charge in [-0.2, -0.15) is 0 Å². The Morgan fingerprint density at radius 3 is 2.61 bits per heavy atom. The Balaban J connectivity index is 2.71. The number of benzene rings is 1. The summed E-state index contributed by atoms with van der Waals surface area (Å²) >= 11 is 0. The molecule has 0 saturated carbocycles. The van der Waals surface area contributed by atoms with Crippen LogP contribution in [0.3, 0.4) is 0 Å². The zero-order valence-electron chi connectivity index (χ0n) is 9.74. The molecule has 0 aliphatic heterocycles. The van der Waals surface area contributed by atoms with Crippen molar-refractivity contribution in [1.82, 2.24) is 5.32 Å². The third-order valence-corrected chi connectivity index (χ3v) is 2.52. The molecule has 0 heterocycles. The van der Waals surface area contributed by atoms with Crippen LogP contribution in [-0.4, -0.2) is 23.5 Å². The summed E-state index contributed by atoms with van der Waals surface area (Å²) in [6, 6.07) is 2.52. The normalized spacial score (nSPS) is 11.9. The molecular formula is C12H13F2NO3. The van der Waals surface area contributed by atoms with Crippen molar-refractivity contribution < 1.29 is 23.5 Å². The topological polar surface area (TPSA) is 66.4 Å². The number of carboxylic acids is 1. The lowest BCUT2D eigenvalue weighted by Gasteiger charge is -2.11. The van der Waals surface area contributed by atoms with Gasteiger partial charge in [-0.1, -0.05) is 6.92 Å². The van der Waals surface area contributed by atoms with Gasteiger partial charge >= 0.3 is 5.97 Å². The van der Waals surface area contributed by atoms with E-state index in [0.717, 1.165) is 18.2 Å². The van der Waals surface area contributed by atoms with Gasteiger partial charge in [0.25, 0.3) is 5.91 Å². The van der Waals surface area contributed by atoms with Crippen molar-refractivity contribution in [2.24, 2.45) is 5.92 Å². The van der Waals surface area contributed by atoms with Crippen LogP contribution in [0.15, 0.2) is 18.2 Å². The maximum Gasteiger partial charge on any atom is 0.308 e. The van der Waals surface area contributed by atoms with E-state index in [1.54, 1.807) is 6.92 Å². The first kappa shape index (κ1) is 14.1. The van der Waals surface area contributed by atoms with Crippen molar-refractivity contribution in [2.75, 3.05) is 6.54 Å². The quantitative estimate of drug-likeness (QED) is 0.845. The number of aliphatic carboxylic acids is 1. The molecule has 1 amide bonds. The highest BCUT2D eigenvalue weighted by Crippen LogP contribution is 2.10. The summed E-state index contributed by atoms with van der Waals surface area (Å²) < 4.78 is 26.1. The molecule has 1 aromatic carbocycles. The summed E-state index contributed by atoms with van der Waals surface area (Å²) in [5.74, 6) is -4.20. The number of halogens is 2. The Hall–Kier alpha value is -1.98. The van der Waals surface area contributed by atoms with Crippen LogP contribution in [0.25, 0.3) is 0 Å². The van der Waals surface area contributed by atoms with E-state index in [4.69, 9.17) is 5.11 Å². The number of rotatable bonds is 5. The molecule has 1 unspecified atom stereocenters. The van der Waals surface area contributed by atoms with Gasteiger partial charge in [0.1, 0.15) is 11.6 Å². The zero-order chi connectivity index (χ0) is 13.7. The molecule has 0 bridgehead atoms. The van der Waals surface area contributed by atoms with E-state index in [9.17, 15) is 18.4 Å². The average molecular weight is 257 g/mol. The predicted molar refractivity (Wildman–Crippen MR) is 60.1 cm³/mol. The molecule has 1 atom stereocenters. The largest absolute Gasteiger partial charge is 0.481 e. The molecule has 4 nitrogen and oxygen atoms in total. The molecule has 0 fully saturated rings. The number of nitrogens with one attached hydrogen (secondary N) is 1. The van der Waals surface area contributed by atoms with Gasteiger partial charge in [0.2, 0.25) is 0 Å². The molecule has 0 saturated heterocycles. The Morgan fingerprint density at radius 1 is 1.39 bits per heavy atom. The van der Waals surface area contributed by atoms with Crippen LogP contribution < -0.4 is 5.32 Å². The standard InChI is InChI=1S/C12H13F2NO3/c1-2-7(12(17)18)6-15-11(16)9-5-8(13)3-4-10(9)14/h3-5,7H,2,6H2,1H3,(H,15,16)(H,17,18). The van der Waals surface area contributed by atoms with Crippen LogP contribution in [0.5, 0.6) is 0 Å². The SMILES string of the molecule is CCC(CNC(=O)c1cc(F)ccc1F)C(=O)O. The molecule has 0 aliphatic rings. The lowest BCUT2D eigenvalue weighted by Crippen LogP contribution is -2.33. The Labute approximate surface area is 103 Å². The summed E-state index contributed by atoms with van der Waals surface area (Å²) in [7, 11) is 0. The highest BCUT2D eigenvalue weighted by atomic mass is 19.1. The van der Waals surface area contributed by atoms with Gasteiger partial charge in [-0.3, -0.25) is 9.59 Å². The third-order valence-electron chi connectivity index (χ3n) is 2.52. The summed E-state index contributed by atoms with van der Waals surface area (Å²) in [5.41, 5.74) is -0.435. The first-order valence-corrected chi connectivity index (χ1v) is 5.41. The second-order valence-electron chi connectivity index (χ2n) is 3.78. The highest BCUT2D eigenvalue weighted by molar-refractivity contribution is 5.94. The second kappa shape index (κ2) is 6.09. The lowest BCUT2D eigenvalue weighted by molar-refractivity contribution is -0.141. The van der Waals surface area contributed by atoms with Gasteiger partial charge < -0.3 is 10.4 Å². The molecule has 6 heteroatoms. The minimum Gasteiger partial charge on any atom is -0.481 e. The molecule has 0 radical (unpaired) electrons. The molecule has 1 aromatic rings. The number of carbonyl (C=O) groups is 2. The molecular weight excluding hydrogens is 244 g/mol. The number of carboxylic acid groups (broad SMARTS) is 1. The summed E-state index contributed by atoms with van der Waals surface area (Å²) in [6.45, 7) is 1.54. The van der Waals surface area contributed by atoms with Crippen LogP contribution >= 0.6 is 0 Å². The number of amides is 1. The van der Waals surface area contributed by atoms with Gasteiger partial charge in [0.15, 0.2) is 0 Å². The second-order valence-corrected chi connectivity index (χ2v) is 3.78. The number of carbonyl (C=O) groups excluding carboxylic acids is 1. The maximum atomic E-state index is 13.2. The van der Waals surface area contributed by atoms with Crippen LogP contribution in [0, 0.1) is 17.6 Å². The van der Waals surface area contributed by atoms with E-state index in [1.165, 1.54) is 0 Å². The van der Waals surface area contributed by atoms with Gasteiger partial charge in [0.05, 0.1) is 11.5 Å². The number of hydrogen-bond donors (Lipinski definition) is 2. The summed E-state index contributed by atoms with van der Waals surface area (Å²) in [4.78, 5) is 22.3. The minimum absolute atomic E-state index is 0.124. The Morgan fingerprint density at radius 2 is 2.06 bits per heavy atom. The Kier molecular flexibility index (Phi) is 4.76. The Bertz CT molecular complexity index is 463. The highest BCUT2D eigenvalue weighted by Gasteiger charge is 2.18. The van der Waals surface area contributed by atoms with Crippen LogP contribution in [0.4, 0.5) is 8.78 Å². The fraction of sp³-hybridized carbons (Fsp3) is 0.333. The molecule has 1 rings (SSSR count). The van der Waals surface area contributed by atoms with Gasteiger partial charge in [0, 0.05) is 6.54 Å². The summed E-state index contributed by atoms with van der Waals surface area (Å²) in [5, 5.41) is 11.0. The fourth-order valence-corrected chi connectivity index (χ4v) is 1.39. The van der Waals surface area contributed by atoms with Gasteiger partial charge in [-0.05, 0) is 24.6 Å². The van der Waals surface area contributed by atoms with Gasteiger partial charge in [-0.15, -0.1) is 0 Å². The fourth-order valence-electron chi connectivity index (χ4n) is 1.39. The van der Waals surface area contributed by atoms with Crippen LogP contribution in [-0.2, 0) is 4.79 Å². The lowest BCUT2D eigenvalue weighted by atomic mass is 10.1. The van der Waals surface area contributed by atoms with Crippen molar-refractivity contribution in [3.05, 3.63) is 35.4 Å². The molecule has 2 N–H and O–H groups in total. The van der Waals surface area contributed by atoms with Crippen molar-refractivity contribution in [2.45, 2.75) is 13.3 Å². The number of hydrogen-bond acceptors (Lipinski definition) is 2. The van der Waals surface area contributed by atoms with Crippen LogP contribution in [0.2, 0.25) is 0 Å². The van der Waals surface area contributed by atoms with E-state index >= 15 is 0 Å². The monoisotopic (exact) mass is 257 g/mol. The first-order valence-electron chi connectivity index (χ1n) is 5.41. The van der Waals surface area contributed by atoms with Crippen molar-refractivity contribution in [3.63, 3.8) is 0 Å². The van der Waals surface area contributed by atoms with Crippen molar-refractivity contribution in [1.29, 1.82) is 0 Å². The third kappa shape index (κ3) is 3.51. The van der Waals surface area contributed by atoms with Crippen molar-refractivity contribution >= 4 is 11.9 Å². The zero-order valence-corrected chi connectivity index (χ0v) is 9.74. The van der Waals surface area contributed by atoms with Gasteiger partial charge in [-0.25, -0.2) is 8.78 Å². The molecule has 0 aromatic heterocycles. The molecule has 0 spiro atoms. The van der Waals surface area contributed by atoms with Crippen molar-refractivity contribution in [3.8, 4) is 0 Å². The maximum absolute atomic E-state index is 13.2.